The standard InChI is InChI=1S/C18H13NO4/c1-10-7-19-12-3-5-14-18(23-9-21-14)17(12)16(10)11-2-4-13-15(6-11)22-8-20-13/h2-7H,8-9H2,1H3. The molecule has 5 heteroatoms. The predicted octanol–water partition coefficient (Wildman–Crippen LogP) is 3.67. The lowest BCUT2D eigenvalue weighted by Gasteiger charge is -2.12. The zero-order chi connectivity index (χ0) is 15.4. The summed E-state index contributed by atoms with van der Waals surface area (Å²) in [6, 6.07) is 9.82. The Kier molecular flexibility index (Phi) is 2.47. The molecule has 0 unspecified atom stereocenters. The minimum absolute atomic E-state index is 0.239. The zero-order valence-corrected chi connectivity index (χ0v) is 12.5. The normalized spacial score (nSPS) is 14.5. The lowest BCUT2D eigenvalue weighted by atomic mass is 9.96. The van der Waals surface area contributed by atoms with Gasteiger partial charge in [-0.2, -0.15) is 0 Å². The van der Waals surface area contributed by atoms with E-state index in [1.165, 1.54) is 0 Å². The summed E-state index contributed by atoms with van der Waals surface area (Å²) in [4.78, 5) is 4.53. The van der Waals surface area contributed by atoms with Crippen molar-refractivity contribution in [3.63, 3.8) is 0 Å². The molecular weight excluding hydrogens is 294 g/mol. The van der Waals surface area contributed by atoms with Crippen molar-refractivity contribution in [1.82, 2.24) is 4.98 Å². The molecule has 0 N–H and O–H groups in total. The summed E-state index contributed by atoms with van der Waals surface area (Å²) < 4.78 is 22.1. The minimum atomic E-state index is 0.239. The van der Waals surface area contributed by atoms with E-state index >= 15 is 0 Å². The Bertz CT molecular complexity index is 951. The highest BCUT2D eigenvalue weighted by Gasteiger charge is 2.23. The topological polar surface area (TPSA) is 49.8 Å². The Morgan fingerprint density at radius 1 is 0.870 bits per heavy atom. The van der Waals surface area contributed by atoms with E-state index in [2.05, 4.69) is 4.98 Å². The lowest BCUT2D eigenvalue weighted by molar-refractivity contribution is 0.174. The monoisotopic (exact) mass is 307 g/mol. The molecule has 2 aliphatic rings. The van der Waals surface area contributed by atoms with Crippen LogP contribution >= 0.6 is 0 Å². The van der Waals surface area contributed by atoms with Crippen LogP contribution in [0.15, 0.2) is 36.5 Å². The number of fused-ring (bicyclic) bond motifs is 4. The third-order valence-corrected chi connectivity index (χ3v) is 4.22. The summed E-state index contributed by atoms with van der Waals surface area (Å²) in [5.74, 6) is 3.05. The maximum Gasteiger partial charge on any atom is 0.231 e. The number of nitrogens with zero attached hydrogens (tertiary/aromatic N) is 1. The molecule has 0 saturated carbocycles. The molecule has 0 aliphatic carbocycles. The summed E-state index contributed by atoms with van der Waals surface area (Å²) in [5, 5.41) is 0.971. The van der Waals surface area contributed by atoms with E-state index in [0.717, 1.165) is 50.6 Å². The molecule has 0 bridgehead atoms. The van der Waals surface area contributed by atoms with Crippen molar-refractivity contribution in [1.29, 1.82) is 0 Å². The first-order chi connectivity index (χ1) is 11.3. The summed E-state index contributed by atoms with van der Waals surface area (Å²) in [5.41, 5.74) is 4.08. The molecule has 5 nitrogen and oxygen atoms in total. The largest absolute Gasteiger partial charge is 0.454 e. The van der Waals surface area contributed by atoms with Crippen molar-refractivity contribution >= 4 is 10.9 Å². The average Bonchev–Trinajstić information content (AvgIpc) is 3.22. The minimum Gasteiger partial charge on any atom is -0.454 e. The van der Waals surface area contributed by atoms with Gasteiger partial charge in [-0.3, -0.25) is 4.98 Å². The van der Waals surface area contributed by atoms with Gasteiger partial charge < -0.3 is 18.9 Å². The van der Waals surface area contributed by atoms with Gasteiger partial charge in [0, 0.05) is 6.20 Å². The Balaban J connectivity index is 1.84. The van der Waals surface area contributed by atoms with Gasteiger partial charge in [0.25, 0.3) is 0 Å². The highest BCUT2D eigenvalue weighted by atomic mass is 16.7. The third kappa shape index (κ3) is 1.76. The van der Waals surface area contributed by atoms with Crippen LogP contribution in [-0.2, 0) is 0 Å². The van der Waals surface area contributed by atoms with Crippen LogP contribution in [0.25, 0.3) is 22.0 Å². The van der Waals surface area contributed by atoms with Crippen LogP contribution in [0.2, 0.25) is 0 Å². The van der Waals surface area contributed by atoms with E-state index in [0.29, 0.717) is 0 Å². The van der Waals surface area contributed by atoms with Gasteiger partial charge in [-0.05, 0) is 47.9 Å². The third-order valence-electron chi connectivity index (χ3n) is 4.22. The summed E-state index contributed by atoms with van der Waals surface area (Å²) in [6.07, 6.45) is 1.88. The molecule has 0 atom stereocenters. The zero-order valence-electron chi connectivity index (χ0n) is 12.5. The van der Waals surface area contributed by atoms with Gasteiger partial charge in [0.2, 0.25) is 13.6 Å². The van der Waals surface area contributed by atoms with Gasteiger partial charge in [-0.25, -0.2) is 0 Å². The second-order valence-electron chi connectivity index (χ2n) is 5.58. The maximum atomic E-state index is 5.70. The van der Waals surface area contributed by atoms with E-state index in [4.69, 9.17) is 18.9 Å². The predicted molar refractivity (Wildman–Crippen MR) is 84.2 cm³/mol. The van der Waals surface area contributed by atoms with Crippen molar-refractivity contribution in [3.8, 4) is 34.1 Å². The van der Waals surface area contributed by atoms with Gasteiger partial charge in [0.15, 0.2) is 23.0 Å². The number of hydrogen-bond acceptors (Lipinski definition) is 5. The molecule has 3 heterocycles. The smallest absolute Gasteiger partial charge is 0.231 e. The summed E-state index contributed by atoms with van der Waals surface area (Å²) in [6.45, 7) is 2.55. The van der Waals surface area contributed by atoms with E-state index in [1.54, 1.807) is 0 Å². The first-order valence-corrected chi connectivity index (χ1v) is 7.39. The van der Waals surface area contributed by atoms with Crippen LogP contribution in [0.3, 0.4) is 0 Å². The van der Waals surface area contributed by atoms with Crippen LogP contribution in [0.4, 0.5) is 0 Å². The first kappa shape index (κ1) is 12.6. The number of benzene rings is 2. The fourth-order valence-electron chi connectivity index (χ4n) is 3.16. The molecule has 23 heavy (non-hydrogen) atoms. The van der Waals surface area contributed by atoms with Gasteiger partial charge in [0.1, 0.15) is 0 Å². The van der Waals surface area contributed by atoms with Crippen molar-refractivity contribution in [3.05, 3.63) is 42.1 Å². The van der Waals surface area contributed by atoms with Crippen molar-refractivity contribution in [2.75, 3.05) is 13.6 Å². The average molecular weight is 307 g/mol. The second-order valence-corrected chi connectivity index (χ2v) is 5.58. The second kappa shape index (κ2) is 4.52. The first-order valence-electron chi connectivity index (χ1n) is 7.39. The van der Waals surface area contributed by atoms with E-state index in [9.17, 15) is 0 Å². The van der Waals surface area contributed by atoms with E-state index < -0.39 is 0 Å². The van der Waals surface area contributed by atoms with E-state index in [1.807, 2.05) is 43.5 Å². The molecule has 5 rings (SSSR count). The number of rotatable bonds is 1. The molecule has 0 radical (unpaired) electrons. The van der Waals surface area contributed by atoms with Crippen molar-refractivity contribution in [2.24, 2.45) is 0 Å². The van der Waals surface area contributed by atoms with Crippen LogP contribution in [0.5, 0.6) is 23.0 Å². The lowest BCUT2D eigenvalue weighted by Crippen LogP contribution is -1.94. The molecule has 1 aromatic heterocycles. The van der Waals surface area contributed by atoms with Crippen molar-refractivity contribution in [2.45, 2.75) is 6.92 Å². The number of aryl methyl sites for hydroxylation is 1. The Morgan fingerprint density at radius 2 is 1.65 bits per heavy atom. The highest BCUT2D eigenvalue weighted by Crippen LogP contribution is 2.45. The van der Waals surface area contributed by atoms with Crippen molar-refractivity contribution < 1.29 is 18.9 Å². The molecule has 0 fully saturated rings. The molecule has 114 valence electrons. The Labute approximate surface area is 132 Å². The van der Waals surface area contributed by atoms with E-state index in [-0.39, 0.29) is 13.6 Å². The summed E-state index contributed by atoms with van der Waals surface area (Å²) >= 11 is 0. The number of pyridine rings is 1. The maximum absolute atomic E-state index is 5.70. The summed E-state index contributed by atoms with van der Waals surface area (Å²) in [7, 11) is 0. The Morgan fingerprint density at radius 3 is 2.61 bits per heavy atom. The molecule has 0 amide bonds. The molecule has 2 aliphatic heterocycles. The number of aromatic nitrogens is 1. The fraction of sp³-hybridized carbons (Fsp3) is 0.167. The van der Waals surface area contributed by atoms with Crippen LogP contribution in [0, 0.1) is 6.92 Å². The van der Waals surface area contributed by atoms with Gasteiger partial charge in [0.05, 0.1) is 10.9 Å². The fourth-order valence-corrected chi connectivity index (χ4v) is 3.16. The van der Waals surface area contributed by atoms with Crippen LogP contribution in [-0.4, -0.2) is 18.6 Å². The molecule has 0 saturated heterocycles. The number of hydrogen-bond donors (Lipinski definition) is 0. The van der Waals surface area contributed by atoms with Gasteiger partial charge >= 0.3 is 0 Å². The number of ether oxygens (including phenoxy) is 4. The van der Waals surface area contributed by atoms with Crippen LogP contribution < -0.4 is 18.9 Å². The van der Waals surface area contributed by atoms with Gasteiger partial charge in [-0.15, -0.1) is 0 Å². The quantitative estimate of drug-likeness (QED) is 0.686. The van der Waals surface area contributed by atoms with Gasteiger partial charge in [-0.1, -0.05) is 6.07 Å². The Hall–Kier alpha value is -2.95. The molecule has 3 aromatic rings. The molecule has 2 aromatic carbocycles. The SMILES string of the molecule is Cc1cnc2ccc3c(c2c1-c1ccc2c(c1)OCO2)OCO3. The highest BCUT2D eigenvalue weighted by molar-refractivity contribution is 6.02. The van der Waals surface area contributed by atoms with Crippen LogP contribution in [0.1, 0.15) is 5.56 Å². The molecule has 0 spiro atoms. The molecular formula is C18H13NO4.